The quantitative estimate of drug-likeness (QED) is 0.666. The molecule has 0 unspecified atom stereocenters. The SMILES string of the molecule is COc1ccc(O[C@@H]2O[C@@H](CO)[C@H](O)[C@H](OCc3ccccc3)[C@@H]2O)cc1. The normalized spacial score (nSPS) is 27.9. The molecule has 0 radical (unpaired) electrons. The number of hydrogen-bond donors (Lipinski definition) is 3. The largest absolute Gasteiger partial charge is 0.497 e. The molecule has 3 N–H and O–H groups in total. The Morgan fingerprint density at radius 3 is 2.22 bits per heavy atom. The Hall–Kier alpha value is -2.16. The highest BCUT2D eigenvalue weighted by atomic mass is 16.7. The minimum absolute atomic E-state index is 0.201. The third-order valence-electron chi connectivity index (χ3n) is 4.42. The Morgan fingerprint density at radius 1 is 0.926 bits per heavy atom. The number of benzene rings is 2. The van der Waals surface area contributed by atoms with Crippen LogP contribution in [0, 0.1) is 0 Å². The lowest BCUT2D eigenvalue weighted by Crippen LogP contribution is -2.60. The summed E-state index contributed by atoms with van der Waals surface area (Å²) in [7, 11) is 1.56. The number of aliphatic hydroxyl groups is 3. The standard InChI is InChI=1S/C20H24O7/c1-24-14-7-9-15(10-8-14)26-20-18(23)19(17(22)16(11-21)27-20)25-12-13-5-3-2-4-6-13/h2-10,16-23H,11-12H2,1H3/t16-,17-,18-,19-,20+/m0/s1. The summed E-state index contributed by atoms with van der Waals surface area (Å²) in [4.78, 5) is 0. The van der Waals surface area contributed by atoms with E-state index < -0.39 is 37.3 Å². The van der Waals surface area contributed by atoms with Crippen molar-refractivity contribution in [2.45, 2.75) is 37.3 Å². The Balaban J connectivity index is 1.70. The van der Waals surface area contributed by atoms with E-state index in [0.717, 1.165) is 5.56 Å². The van der Waals surface area contributed by atoms with Gasteiger partial charge in [0, 0.05) is 0 Å². The molecule has 0 saturated carbocycles. The van der Waals surface area contributed by atoms with E-state index in [0.29, 0.717) is 11.5 Å². The van der Waals surface area contributed by atoms with Gasteiger partial charge in [0.1, 0.15) is 35.9 Å². The van der Waals surface area contributed by atoms with Gasteiger partial charge in [-0.1, -0.05) is 30.3 Å². The van der Waals surface area contributed by atoms with E-state index in [2.05, 4.69) is 0 Å². The second kappa shape index (κ2) is 9.16. The van der Waals surface area contributed by atoms with Crippen LogP contribution in [-0.4, -0.2) is 59.7 Å². The van der Waals surface area contributed by atoms with Crippen LogP contribution in [0.15, 0.2) is 54.6 Å². The zero-order valence-electron chi connectivity index (χ0n) is 15.0. The van der Waals surface area contributed by atoms with Gasteiger partial charge in [0.2, 0.25) is 6.29 Å². The first-order valence-electron chi connectivity index (χ1n) is 8.71. The van der Waals surface area contributed by atoms with Gasteiger partial charge in [0.05, 0.1) is 20.3 Å². The van der Waals surface area contributed by atoms with Gasteiger partial charge in [-0.2, -0.15) is 0 Å². The molecule has 0 aromatic heterocycles. The molecule has 1 fully saturated rings. The first-order chi connectivity index (χ1) is 13.1. The highest BCUT2D eigenvalue weighted by molar-refractivity contribution is 5.31. The molecule has 3 rings (SSSR count). The van der Waals surface area contributed by atoms with Crippen molar-refractivity contribution < 1.29 is 34.3 Å². The molecule has 1 saturated heterocycles. The number of aliphatic hydroxyl groups excluding tert-OH is 3. The Morgan fingerprint density at radius 2 is 1.59 bits per heavy atom. The minimum Gasteiger partial charge on any atom is -0.497 e. The first kappa shape index (κ1) is 19.6. The summed E-state index contributed by atoms with van der Waals surface area (Å²) in [6, 6.07) is 16.2. The Bertz CT molecular complexity index is 691. The number of ether oxygens (including phenoxy) is 4. The number of methoxy groups -OCH3 is 1. The molecule has 2 aromatic rings. The molecule has 146 valence electrons. The van der Waals surface area contributed by atoms with Crippen LogP contribution in [0.3, 0.4) is 0 Å². The lowest BCUT2D eigenvalue weighted by molar-refractivity contribution is -0.287. The molecule has 0 spiro atoms. The van der Waals surface area contributed by atoms with Crippen molar-refractivity contribution in [2.24, 2.45) is 0 Å². The summed E-state index contributed by atoms with van der Waals surface area (Å²) in [6.07, 6.45) is -5.44. The molecule has 5 atom stereocenters. The lowest BCUT2D eigenvalue weighted by atomic mass is 9.99. The summed E-state index contributed by atoms with van der Waals surface area (Å²) in [5.74, 6) is 1.12. The fourth-order valence-corrected chi connectivity index (χ4v) is 2.90. The van der Waals surface area contributed by atoms with Crippen molar-refractivity contribution in [3.63, 3.8) is 0 Å². The topological polar surface area (TPSA) is 97.6 Å². The first-order valence-corrected chi connectivity index (χ1v) is 8.71. The van der Waals surface area contributed by atoms with Crippen LogP contribution in [0.4, 0.5) is 0 Å². The van der Waals surface area contributed by atoms with Gasteiger partial charge in [0.25, 0.3) is 0 Å². The van der Waals surface area contributed by atoms with Crippen LogP contribution >= 0.6 is 0 Å². The van der Waals surface area contributed by atoms with Gasteiger partial charge < -0.3 is 34.3 Å². The third kappa shape index (κ3) is 4.77. The monoisotopic (exact) mass is 376 g/mol. The van der Waals surface area contributed by atoms with Crippen molar-refractivity contribution in [3.05, 3.63) is 60.2 Å². The van der Waals surface area contributed by atoms with Gasteiger partial charge in [-0.15, -0.1) is 0 Å². The maximum Gasteiger partial charge on any atom is 0.229 e. The molecular formula is C20H24O7. The van der Waals surface area contributed by atoms with Crippen molar-refractivity contribution in [2.75, 3.05) is 13.7 Å². The van der Waals surface area contributed by atoms with E-state index in [-0.39, 0.29) is 6.61 Å². The summed E-state index contributed by atoms with van der Waals surface area (Å²) < 4.78 is 22.1. The van der Waals surface area contributed by atoms with Crippen molar-refractivity contribution in [1.29, 1.82) is 0 Å². The second-order valence-corrected chi connectivity index (χ2v) is 6.26. The van der Waals surface area contributed by atoms with Crippen molar-refractivity contribution in [1.82, 2.24) is 0 Å². The smallest absolute Gasteiger partial charge is 0.229 e. The molecule has 2 aromatic carbocycles. The van der Waals surface area contributed by atoms with Gasteiger partial charge in [-0.05, 0) is 29.8 Å². The second-order valence-electron chi connectivity index (χ2n) is 6.26. The summed E-state index contributed by atoms with van der Waals surface area (Å²) >= 11 is 0. The van der Waals surface area contributed by atoms with E-state index in [1.807, 2.05) is 30.3 Å². The van der Waals surface area contributed by atoms with Crippen LogP contribution in [0.25, 0.3) is 0 Å². The molecule has 1 heterocycles. The van der Waals surface area contributed by atoms with Gasteiger partial charge in [0.15, 0.2) is 0 Å². The molecule has 0 aliphatic carbocycles. The molecule has 27 heavy (non-hydrogen) atoms. The molecular weight excluding hydrogens is 352 g/mol. The average molecular weight is 376 g/mol. The van der Waals surface area contributed by atoms with E-state index >= 15 is 0 Å². The van der Waals surface area contributed by atoms with Crippen LogP contribution in [-0.2, 0) is 16.1 Å². The fraction of sp³-hybridized carbons (Fsp3) is 0.400. The zero-order valence-corrected chi connectivity index (χ0v) is 15.0. The maximum atomic E-state index is 10.6. The van der Waals surface area contributed by atoms with Crippen LogP contribution in [0.2, 0.25) is 0 Å². The molecule has 1 aliphatic rings. The Kier molecular flexibility index (Phi) is 6.65. The van der Waals surface area contributed by atoms with E-state index in [9.17, 15) is 15.3 Å². The number of hydrogen-bond acceptors (Lipinski definition) is 7. The third-order valence-corrected chi connectivity index (χ3v) is 4.42. The summed E-state index contributed by atoms with van der Waals surface area (Å²) in [6.45, 7) is -0.228. The fourth-order valence-electron chi connectivity index (χ4n) is 2.90. The van der Waals surface area contributed by atoms with E-state index in [1.54, 1.807) is 31.4 Å². The Labute approximate surface area is 157 Å². The van der Waals surface area contributed by atoms with E-state index in [1.165, 1.54) is 0 Å². The van der Waals surface area contributed by atoms with Gasteiger partial charge in [-0.25, -0.2) is 0 Å². The van der Waals surface area contributed by atoms with Crippen molar-refractivity contribution in [3.8, 4) is 11.5 Å². The molecule has 7 nitrogen and oxygen atoms in total. The van der Waals surface area contributed by atoms with Crippen LogP contribution in [0.1, 0.15) is 5.56 Å². The zero-order chi connectivity index (χ0) is 19.2. The molecule has 0 amide bonds. The van der Waals surface area contributed by atoms with Crippen LogP contribution in [0.5, 0.6) is 11.5 Å². The number of rotatable bonds is 7. The van der Waals surface area contributed by atoms with Crippen molar-refractivity contribution >= 4 is 0 Å². The molecule has 1 aliphatic heterocycles. The summed E-state index contributed by atoms with van der Waals surface area (Å²) in [5.41, 5.74) is 0.900. The summed E-state index contributed by atoms with van der Waals surface area (Å²) in [5, 5.41) is 30.5. The molecule has 7 heteroatoms. The van der Waals surface area contributed by atoms with Gasteiger partial charge in [-0.3, -0.25) is 0 Å². The molecule has 0 bridgehead atoms. The minimum atomic E-state index is -1.24. The predicted molar refractivity (Wildman–Crippen MR) is 96.4 cm³/mol. The predicted octanol–water partition coefficient (Wildman–Crippen LogP) is 1.10. The average Bonchev–Trinajstić information content (AvgIpc) is 2.71. The van der Waals surface area contributed by atoms with Crippen LogP contribution < -0.4 is 9.47 Å². The van der Waals surface area contributed by atoms with E-state index in [4.69, 9.17) is 18.9 Å². The highest BCUT2D eigenvalue weighted by Crippen LogP contribution is 2.27. The highest BCUT2D eigenvalue weighted by Gasteiger charge is 2.46. The van der Waals surface area contributed by atoms with Gasteiger partial charge >= 0.3 is 0 Å². The lowest BCUT2D eigenvalue weighted by Gasteiger charge is -2.41. The maximum absolute atomic E-state index is 10.6.